The Morgan fingerprint density at radius 2 is 1.81 bits per heavy atom. The van der Waals surface area contributed by atoms with Crippen molar-refractivity contribution in [1.82, 2.24) is 20.0 Å². The normalized spacial score (nSPS) is 15.1. The molecule has 4 rings (SSSR count). The van der Waals surface area contributed by atoms with E-state index in [9.17, 15) is 4.79 Å². The van der Waals surface area contributed by atoms with E-state index in [4.69, 9.17) is 11.6 Å². The second-order valence-corrected chi connectivity index (χ2v) is 7.18. The summed E-state index contributed by atoms with van der Waals surface area (Å²) in [5.74, 6) is 0.0913. The van der Waals surface area contributed by atoms with Crippen LogP contribution in [0.15, 0.2) is 60.8 Å². The molecule has 27 heavy (non-hydrogen) atoms. The predicted octanol–water partition coefficient (Wildman–Crippen LogP) is 3.69. The molecular formula is C21H21ClN4O. The summed E-state index contributed by atoms with van der Waals surface area (Å²) in [4.78, 5) is 17.1. The van der Waals surface area contributed by atoms with Crippen LogP contribution in [-0.2, 0) is 6.54 Å². The molecule has 5 nitrogen and oxygen atoms in total. The minimum Gasteiger partial charge on any atom is -0.336 e. The van der Waals surface area contributed by atoms with Gasteiger partial charge in [-0.1, -0.05) is 35.9 Å². The number of halogens is 1. The number of aromatic nitrogens is 2. The SMILES string of the molecule is O=C(c1ccc(-c2ccn[nH]2)cc1)N1CCN(Cc2cccc(Cl)c2)CC1. The zero-order chi connectivity index (χ0) is 18.6. The number of nitrogens with one attached hydrogen (secondary N) is 1. The van der Waals surface area contributed by atoms with Crippen molar-refractivity contribution in [2.45, 2.75) is 6.54 Å². The second kappa shape index (κ2) is 7.94. The summed E-state index contributed by atoms with van der Waals surface area (Å²) in [6.07, 6.45) is 1.72. The van der Waals surface area contributed by atoms with E-state index in [1.54, 1.807) is 6.20 Å². The number of benzene rings is 2. The number of aromatic amines is 1. The van der Waals surface area contributed by atoms with Crippen LogP contribution in [0.2, 0.25) is 5.02 Å². The van der Waals surface area contributed by atoms with Gasteiger partial charge in [-0.3, -0.25) is 14.8 Å². The first kappa shape index (κ1) is 17.8. The van der Waals surface area contributed by atoms with Crippen LogP contribution in [0.4, 0.5) is 0 Å². The Kier molecular flexibility index (Phi) is 5.23. The third kappa shape index (κ3) is 4.21. The lowest BCUT2D eigenvalue weighted by Crippen LogP contribution is -2.48. The van der Waals surface area contributed by atoms with Crippen LogP contribution in [0.5, 0.6) is 0 Å². The smallest absolute Gasteiger partial charge is 0.253 e. The van der Waals surface area contributed by atoms with Gasteiger partial charge in [0.05, 0.1) is 5.69 Å². The van der Waals surface area contributed by atoms with Crippen LogP contribution < -0.4 is 0 Å². The van der Waals surface area contributed by atoms with Gasteiger partial charge >= 0.3 is 0 Å². The Morgan fingerprint density at radius 3 is 2.48 bits per heavy atom. The van der Waals surface area contributed by atoms with Crippen molar-refractivity contribution in [2.75, 3.05) is 26.2 Å². The highest BCUT2D eigenvalue weighted by Crippen LogP contribution is 2.19. The molecule has 0 radical (unpaired) electrons. The Morgan fingerprint density at radius 1 is 1.04 bits per heavy atom. The Balaban J connectivity index is 1.34. The lowest BCUT2D eigenvalue weighted by atomic mass is 10.1. The Labute approximate surface area is 163 Å². The molecule has 1 aromatic heterocycles. The minimum atomic E-state index is 0.0913. The molecule has 1 aliphatic rings. The molecule has 2 heterocycles. The van der Waals surface area contributed by atoms with Crippen molar-refractivity contribution in [3.05, 3.63) is 76.9 Å². The van der Waals surface area contributed by atoms with Crippen LogP contribution >= 0.6 is 11.6 Å². The van der Waals surface area contributed by atoms with Gasteiger partial charge < -0.3 is 4.90 Å². The van der Waals surface area contributed by atoms with Gasteiger partial charge in [0, 0.05) is 49.5 Å². The maximum absolute atomic E-state index is 12.8. The molecule has 0 unspecified atom stereocenters. The van der Waals surface area contributed by atoms with Crippen molar-refractivity contribution in [1.29, 1.82) is 0 Å². The van der Waals surface area contributed by atoms with E-state index in [-0.39, 0.29) is 5.91 Å². The first-order chi connectivity index (χ1) is 13.2. The van der Waals surface area contributed by atoms with Gasteiger partial charge in [-0.05, 0) is 41.5 Å². The molecule has 1 fully saturated rings. The summed E-state index contributed by atoms with van der Waals surface area (Å²) in [6.45, 7) is 4.07. The monoisotopic (exact) mass is 380 g/mol. The third-order valence-corrected chi connectivity index (χ3v) is 5.13. The standard InChI is InChI=1S/C21H21ClN4O/c22-19-3-1-2-16(14-19)15-25-10-12-26(13-11-25)21(27)18-6-4-17(5-7-18)20-8-9-23-24-20/h1-9,14H,10-13,15H2,(H,23,24). The number of rotatable bonds is 4. The molecule has 3 aromatic rings. The minimum absolute atomic E-state index is 0.0913. The molecule has 1 aliphatic heterocycles. The first-order valence-electron chi connectivity index (χ1n) is 9.05. The number of carbonyl (C=O) groups is 1. The van der Waals surface area contributed by atoms with Crippen LogP contribution in [0, 0.1) is 0 Å². The van der Waals surface area contributed by atoms with Crippen LogP contribution in [0.1, 0.15) is 15.9 Å². The highest BCUT2D eigenvalue weighted by molar-refractivity contribution is 6.30. The zero-order valence-electron chi connectivity index (χ0n) is 14.9. The van der Waals surface area contributed by atoms with Gasteiger partial charge in [0.2, 0.25) is 0 Å². The topological polar surface area (TPSA) is 52.2 Å². The average molecular weight is 381 g/mol. The number of nitrogens with zero attached hydrogens (tertiary/aromatic N) is 3. The number of hydrogen-bond acceptors (Lipinski definition) is 3. The van der Waals surface area contributed by atoms with Crippen LogP contribution in [-0.4, -0.2) is 52.1 Å². The van der Waals surface area contributed by atoms with E-state index in [1.165, 1.54) is 5.56 Å². The van der Waals surface area contributed by atoms with Crippen molar-refractivity contribution in [3.63, 3.8) is 0 Å². The second-order valence-electron chi connectivity index (χ2n) is 6.75. The lowest BCUT2D eigenvalue weighted by molar-refractivity contribution is 0.0628. The van der Waals surface area contributed by atoms with E-state index in [0.29, 0.717) is 0 Å². The lowest BCUT2D eigenvalue weighted by Gasteiger charge is -2.34. The van der Waals surface area contributed by atoms with Crippen molar-refractivity contribution >= 4 is 17.5 Å². The van der Waals surface area contributed by atoms with E-state index in [2.05, 4.69) is 21.2 Å². The summed E-state index contributed by atoms with van der Waals surface area (Å²) < 4.78 is 0. The summed E-state index contributed by atoms with van der Waals surface area (Å²) >= 11 is 6.06. The molecule has 0 spiro atoms. The fraction of sp³-hybridized carbons (Fsp3) is 0.238. The van der Waals surface area contributed by atoms with Crippen molar-refractivity contribution < 1.29 is 4.79 Å². The Bertz CT molecular complexity index is 900. The number of hydrogen-bond donors (Lipinski definition) is 1. The summed E-state index contributed by atoms with van der Waals surface area (Å²) in [6, 6.07) is 17.5. The van der Waals surface area contributed by atoms with Gasteiger partial charge in [0.25, 0.3) is 5.91 Å². The predicted molar refractivity (Wildman–Crippen MR) is 107 cm³/mol. The fourth-order valence-corrected chi connectivity index (χ4v) is 3.61. The highest BCUT2D eigenvalue weighted by Gasteiger charge is 2.22. The largest absolute Gasteiger partial charge is 0.336 e. The molecule has 0 atom stereocenters. The number of carbonyl (C=O) groups excluding carboxylic acids is 1. The quantitative estimate of drug-likeness (QED) is 0.751. The molecular weight excluding hydrogens is 360 g/mol. The maximum atomic E-state index is 12.8. The number of H-pyrrole nitrogens is 1. The molecule has 1 saturated heterocycles. The van der Waals surface area contributed by atoms with Gasteiger partial charge in [0.1, 0.15) is 0 Å². The molecule has 1 amide bonds. The van der Waals surface area contributed by atoms with Crippen molar-refractivity contribution in [2.24, 2.45) is 0 Å². The van der Waals surface area contributed by atoms with Crippen LogP contribution in [0.25, 0.3) is 11.3 Å². The van der Waals surface area contributed by atoms with E-state index in [1.807, 2.05) is 53.4 Å². The van der Waals surface area contributed by atoms with Gasteiger partial charge in [0.15, 0.2) is 0 Å². The van der Waals surface area contributed by atoms with Gasteiger partial charge in [-0.25, -0.2) is 0 Å². The average Bonchev–Trinajstić information content (AvgIpc) is 3.23. The summed E-state index contributed by atoms with van der Waals surface area (Å²) in [7, 11) is 0. The number of piperazine rings is 1. The molecule has 1 N–H and O–H groups in total. The Hall–Kier alpha value is -2.63. The van der Waals surface area contributed by atoms with Crippen LogP contribution in [0.3, 0.4) is 0 Å². The van der Waals surface area contributed by atoms with E-state index < -0.39 is 0 Å². The van der Waals surface area contributed by atoms with Gasteiger partial charge in [-0.15, -0.1) is 0 Å². The summed E-state index contributed by atoms with van der Waals surface area (Å²) in [5, 5.41) is 7.66. The maximum Gasteiger partial charge on any atom is 0.253 e. The highest BCUT2D eigenvalue weighted by atomic mass is 35.5. The first-order valence-corrected chi connectivity index (χ1v) is 9.43. The molecule has 0 saturated carbocycles. The number of amides is 1. The molecule has 138 valence electrons. The molecule has 6 heteroatoms. The third-order valence-electron chi connectivity index (χ3n) is 4.90. The molecule has 0 aliphatic carbocycles. The molecule has 2 aromatic carbocycles. The fourth-order valence-electron chi connectivity index (χ4n) is 3.39. The van der Waals surface area contributed by atoms with Gasteiger partial charge in [-0.2, -0.15) is 5.10 Å². The van der Waals surface area contributed by atoms with Crippen molar-refractivity contribution in [3.8, 4) is 11.3 Å². The summed E-state index contributed by atoms with van der Waals surface area (Å²) in [5.41, 5.74) is 3.90. The van der Waals surface area contributed by atoms with E-state index >= 15 is 0 Å². The zero-order valence-corrected chi connectivity index (χ0v) is 15.7. The van der Waals surface area contributed by atoms with E-state index in [0.717, 1.165) is 54.6 Å². The molecule has 0 bridgehead atoms.